The lowest BCUT2D eigenvalue weighted by atomic mass is 10.2. The van der Waals surface area contributed by atoms with Gasteiger partial charge in [-0.2, -0.15) is 4.31 Å². The molecule has 0 spiro atoms. The fraction of sp³-hybridized carbons (Fsp3) is 0.417. The van der Waals surface area contributed by atoms with E-state index in [9.17, 15) is 17.6 Å². The van der Waals surface area contributed by atoms with E-state index in [1.54, 1.807) is 4.90 Å². The van der Waals surface area contributed by atoms with Crippen molar-refractivity contribution in [1.29, 1.82) is 0 Å². The largest absolute Gasteiger partial charge is 0.395 e. The van der Waals surface area contributed by atoms with Gasteiger partial charge in [-0.05, 0) is 12.1 Å². The first-order valence-corrected chi connectivity index (χ1v) is 7.94. The molecule has 2 saturated heterocycles. The number of hydrogen-bond acceptors (Lipinski definition) is 4. The normalized spacial score (nSPS) is 23.0. The zero-order valence-electron chi connectivity index (χ0n) is 11.1. The number of rotatable bonds is 2. The minimum Gasteiger partial charge on any atom is -0.395 e. The second kappa shape index (κ2) is 4.85. The van der Waals surface area contributed by atoms with Crippen LogP contribution in [0.4, 0.5) is 14.9 Å². The number of halogens is 1. The molecule has 0 saturated carbocycles. The molecular weight excluding hydrogens is 299 g/mol. The molecule has 2 aliphatic rings. The van der Waals surface area contributed by atoms with Crippen molar-refractivity contribution in [2.24, 2.45) is 0 Å². The van der Waals surface area contributed by atoms with Crippen LogP contribution in [0.1, 0.15) is 0 Å². The summed E-state index contributed by atoms with van der Waals surface area (Å²) >= 11 is 0. The molecule has 3 N–H and O–H groups in total. The van der Waals surface area contributed by atoms with Crippen LogP contribution in [0.2, 0.25) is 0 Å². The van der Waals surface area contributed by atoms with E-state index in [1.165, 1.54) is 16.4 Å². The summed E-state index contributed by atoms with van der Waals surface area (Å²) in [6.45, 7) is 1.06. The molecule has 2 fully saturated rings. The second-order valence-electron chi connectivity index (χ2n) is 5.05. The van der Waals surface area contributed by atoms with Crippen molar-refractivity contribution >= 4 is 21.7 Å². The SMILES string of the molecule is Nc1c(F)cccc1S(=O)(=O)N1CCN2C(=O)NCC2C1. The van der Waals surface area contributed by atoms with Crippen LogP contribution >= 0.6 is 0 Å². The Morgan fingerprint density at radius 1 is 1.33 bits per heavy atom. The first kappa shape index (κ1) is 14.1. The number of nitrogen functional groups attached to an aromatic ring is 1. The van der Waals surface area contributed by atoms with Gasteiger partial charge in [-0.25, -0.2) is 17.6 Å². The lowest BCUT2D eigenvalue weighted by molar-refractivity contribution is 0.164. The number of sulfonamides is 1. The predicted octanol–water partition coefficient (Wildman–Crippen LogP) is -0.194. The van der Waals surface area contributed by atoms with E-state index in [2.05, 4.69) is 5.32 Å². The fourth-order valence-corrected chi connectivity index (χ4v) is 4.27. The summed E-state index contributed by atoms with van der Waals surface area (Å²) in [4.78, 5) is 12.9. The molecule has 0 bridgehead atoms. The number of nitrogens with zero attached hydrogens (tertiary/aromatic N) is 2. The average molecular weight is 314 g/mol. The van der Waals surface area contributed by atoms with Gasteiger partial charge in [0.2, 0.25) is 10.0 Å². The van der Waals surface area contributed by atoms with Gasteiger partial charge in [0.15, 0.2) is 0 Å². The molecule has 1 unspecified atom stereocenters. The quantitative estimate of drug-likeness (QED) is 0.739. The number of nitrogens with one attached hydrogen (secondary N) is 1. The van der Waals surface area contributed by atoms with Gasteiger partial charge in [0.1, 0.15) is 10.7 Å². The molecule has 21 heavy (non-hydrogen) atoms. The molecular formula is C12H15FN4O3S. The van der Waals surface area contributed by atoms with Gasteiger partial charge in [-0.15, -0.1) is 0 Å². The molecule has 7 nitrogen and oxygen atoms in total. The minimum atomic E-state index is -3.87. The third-order valence-corrected chi connectivity index (χ3v) is 5.75. The summed E-state index contributed by atoms with van der Waals surface area (Å²) in [5, 5.41) is 2.67. The van der Waals surface area contributed by atoms with Crippen LogP contribution in [0.25, 0.3) is 0 Å². The van der Waals surface area contributed by atoms with Crippen molar-refractivity contribution in [1.82, 2.24) is 14.5 Å². The van der Waals surface area contributed by atoms with Crippen LogP contribution in [0.15, 0.2) is 23.1 Å². The van der Waals surface area contributed by atoms with Crippen LogP contribution in [-0.2, 0) is 10.0 Å². The standard InChI is InChI=1S/C12H15FN4O3S/c13-9-2-1-3-10(11(9)14)21(19,20)16-4-5-17-8(7-16)6-15-12(17)18/h1-3,8H,4-7,14H2,(H,15,18). The third kappa shape index (κ3) is 2.22. The van der Waals surface area contributed by atoms with Gasteiger partial charge >= 0.3 is 6.03 Å². The van der Waals surface area contributed by atoms with Crippen LogP contribution < -0.4 is 11.1 Å². The summed E-state index contributed by atoms with van der Waals surface area (Å²) in [6.07, 6.45) is 0. The zero-order valence-corrected chi connectivity index (χ0v) is 11.9. The molecule has 1 aromatic carbocycles. The molecule has 114 valence electrons. The summed E-state index contributed by atoms with van der Waals surface area (Å²) in [5.74, 6) is -0.757. The molecule has 1 aromatic rings. The van der Waals surface area contributed by atoms with Gasteiger partial charge < -0.3 is 16.0 Å². The zero-order chi connectivity index (χ0) is 15.2. The Balaban J connectivity index is 1.89. The minimum absolute atomic E-state index is 0.169. The fourth-order valence-electron chi connectivity index (χ4n) is 2.68. The first-order chi connectivity index (χ1) is 9.91. The van der Waals surface area contributed by atoms with Gasteiger partial charge in [0, 0.05) is 26.2 Å². The number of nitrogens with two attached hydrogens (primary N) is 1. The highest BCUT2D eigenvalue weighted by atomic mass is 32.2. The van der Waals surface area contributed by atoms with E-state index in [0.29, 0.717) is 13.1 Å². The van der Waals surface area contributed by atoms with Crippen molar-refractivity contribution in [3.05, 3.63) is 24.0 Å². The summed E-state index contributed by atoms with van der Waals surface area (Å²) in [5.41, 5.74) is 5.17. The number of piperazine rings is 1. The maximum Gasteiger partial charge on any atom is 0.317 e. The van der Waals surface area contributed by atoms with Crippen LogP contribution in [0.5, 0.6) is 0 Å². The van der Waals surface area contributed by atoms with Gasteiger partial charge in [-0.1, -0.05) is 6.07 Å². The Bertz CT molecular complexity index is 694. The Morgan fingerprint density at radius 3 is 2.86 bits per heavy atom. The highest BCUT2D eigenvalue weighted by Crippen LogP contribution is 2.27. The van der Waals surface area contributed by atoms with Crippen molar-refractivity contribution in [3.63, 3.8) is 0 Å². The van der Waals surface area contributed by atoms with E-state index in [1.807, 2.05) is 0 Å². The maximum absolute atomic E-state index is 13.5. The molecule has 1 atom stereocenters. The van der Waals surface area contributed by atoms with E-state index in [0.717, 1.165) is 6.07 Å². The average Bonchev–Trinajstić information content (AvgIpc) is 2.83. The number of carbonyl (C=O) groups is 1. The number of amides is 2. The summed E-state index contributed by atoms with van der Waals surface area (Å²) in [7, 11) is -3.87. The number of urea groups is 1. The smallest absolute Gasteiger partial charge is 0.317 e. The number of fused-ring (bicyclic) bond motifs is 1. The molecule has 0 aromatic heterocycles. The third-order valence-electron chi connectivity index (χ3n) is 3.83. The summed E-state index contributed by atoms with van der Waals surface area (Å²) in [6, 6.07) is 3.34. The summed E-state index contributed by atoms with van der Waals surface area (Å²) < 4.78 is 39.9. The predicted molar refractivity (Wildman–Crippen MR) is 73.5 cm³/mol. The Kier molecular flexibility index (Phi) is 3.25. The van der Waals surface area contributed by atoms with E-state index in [4.69, 9.17) is 5.73 Å². The maximum atomic E-state index is 13.5. The Morgan fingerprint density at radius 2 is 2.10 bits per heavy atom. The highest BCUT2D eigenvalue weighted by molar-refractivity contribution is 7.89. The van der Waals surface area contributed by atoms with E-state index < -0.39 is 15.8 Å². The van der Waals surface area contributed by atoms with Gasteiger partial charge in [0.25, 0.3) is 0 Å². The number of benzene rings is 1. The second-order valence-corrected chi connectivity index (χ2v) is 6.95. The topological polar surface area (TPSA) is 95.7 Å². The molecule has 3 rings (SSSR count). The number of anilines is 1. The number of para-hydroxylation sites is 1. The number of carbonyl (C=O) groups excluding carboxylic acids is 1. The van der Waals surface area contributed by atoms with Crippen molar-refractivity contribution in [3.8, 4) is 0 Å². The van der Waals surface area contributed by atoms with Crippen LogP contribution in [-0.4, -0.2) is 55.9 Å². The monoisotopic (exact) mass is 314 g/mol. The van der Waals surface area contributed by atoms with Crippen LogP contribution in [0, 0.1) is 5.82 Å². The molecule has 0 aliphatic carbocycles. The van der Waals surface area contributed by atoms with Gasteiger partial charge in [-0.3, -0.25) is 0 Å². The molecule has 2 aliphatic heterocycles. The molecule has 2 amide bonds. The first-order valence-electron chi connectivity index (χ1n) is 6.50. The van der Waals surface area contributed by atoms with Crippen LogP contribution in [0.3, 0.4) is 0 Å². The molecule has 9 heteroatoms. The number of hydrogen-bond donors (Lipinski definition) is 2. The van der Waals surface area contributed by atoms with E-state index in [-0.39, 0.29) is 35.7 Å². The van der Waals surface area contributed by atoms with Gasteiger partial charge in [0.05, 0.1) is 11.7 Å². The van der Waals surface area contributed by atoms with E-state index >= 15 is 0 Å². The lowest BCUT2D eigenvalue weighted by Gasteiger charge is -2.35. The van der Waals surface area contributed by atoms with Crippen molar-refractivity contribution in [2.75, 3.05) is 31.9 Å². The lowest BCUT2D eigenvalue weighted by Crippen LogP contribution is -2.53. The van der Waals surface area contributed by atoms with Crippen molar-refractivity contribution < 1.29 is 17.6 Å². The van der Waals surface area contributed by atoms with Crippen molar-refractivity contribution in [2.45, 2.75) is 10.9 Å². The highest BCUT2D eigenvalue weighted by Gasteiger charge is 2.40. The molecule has 2 heterocycles. The molecule has 0 radical (unpaired) electrons. The Hall–Kier alpha value is -1.87. The Labute approximate surface area is 121 Å².